The van der Waals surface area contributed by atoms with Gasteiger partial charge in [-0.1, -0.05) is 78.4 Å². The van der Waals surface area contributed by atoms with Crippen LogP contribution in [0.3, 0.4) is 0 Å². The molecule has 0 aliphatic carbocycles. The molecule has 0 radical (unpaired) electrons. The molecule has 11 heteroatoms. The van der Waals surface area contributed by atoms with Crippen LogP contribution in [0.4, 0.5) is 5.69 Å². The molecule has 53 heavy (non-hydrogen) atoms. The van der Waals surface area contributed by atoms with Crippen LogP contribution < -0.4 is 30.3 Å². The van der Waals surface area contributed by atoms with E-state index in [0.29, 0.717) is 17.7 Å². The first-order chi connectivity index (χ1) is 25.6. The first-order valence-electron chi connectivity index (χ1n) is 16.6. The molecule has 5 aromatic rings. The molecule has 0 aliphatic rings. The van der Waals surface area contributed by atoms with Gasteiger partial charge in [0.2, 0.25) is 6.41 Å². The van der Waals surface area contributed by atoms with Gasteiger partial charge >= 0.3 is 0 Å². The number of aryl methyl sites for hydroxylation is 1. The van der Waals surface area contributed by atoms with Crippen molar-refractivity contribution in [2.75, 3.05) is 40.3 Å². The topological polar surface area (TPSA) is 139 Å². The number of hydrogen-bond acceptors (Lipinski definition) is 8. The quantitative estimate of drug-likeness (QED) is 0.140. The van der Waals surface area contributed by atoms with Crippen LogP contribution in [0.1, 0.15) is 50.4 Å². The molecular weight excluding hydrogens is 670 g/mol. The Balaban J connectivity index is 0.000000476. The Morgan fingerprint density at radius 2 is 1.25 bits per heavy atom. The first-order valence-corrected chi connectivity index (χ1v) is 16.6. The van der Waals surface area contributed by atoms with Gasteiger partial charge < -0.3 is 35.1 Å². The normalized spacial score (nSPS) is 9.87. The lowest BCUT2D eigenvalue weighted by Crippen LogP contribution is -2.28. The van der Waals surface area contributed by atoms with E-state index in [2.05, 4.69) is 40.0 Å². The van der Waals surface area contributed by atoms with Crippen molar-refractivity contribution in [3.05, 3.63) is 155 Å². The highest BCUT2D eigenvalue weighted by Gasteiger charge is 2.14. The summed E-state index contributed by atoms with van der Waals surface area (Å²) in [6, 6.07) is 36.0. The molecule has 0 aliphatic heterocycles. The van der Waals surface area contributed by atoms with Crippen molar-refractivity contribution in [2.24, 2.45) is 0 Å². The van der Waals surface area contributed by atoms with Gasteiger partial charge in [-0.15, -0.1) is 0 Å². The minimum absolute atomic E-state index is 0.156. The van der Waals surface area contributed by atoms with Gasteiger partial charge in [-0.05, 0) is 81.5 Å². The summed E-state index contributed by atoms with van der Waals surface area (Å²) in [5.74, 6) is 0.975. The van der Waals surface area contributed by atoms with Gasteiger partial charge in [0.05, 0.1) is 31.4 Å². The van der Waals surface area contributed by atoms with E-state index in [9.17, 15) is 14.4 Å². The zero-order valence-corrected chi connectivity index (χ0v) is 31.5. The molecule has 1 atom stereocenters. The predicted molar refractivity (Wildman–Crippen MR) is 211 cm³/mol. The Labute approximate surface area is 313 Å². The molecule has 0 spiro atoms. The molecule has 1 heterocycles. The van der Waals surface area contributed by atoms with E-state index in [0.717, 1.165) is 34.7 Å². The maximum absolute atomic E-state index is 12.5. The molecule has 0 fully saturated rings. The third kappa shape index (κ3) is 17.4. The van der Waals surface area contributed by atoms with E-state index in [1.165, 1.54) is 22.9 Å². The first kappa shape index (κ1) is 44.7. The number of amides is 3. The van der Waals surface area contributed by atoms with Crippen molar-refractivity contribution in [1.82, 2.24) is 20.9 Å². The highest BCUT2D eigenvalue weighted by molar-refractivity contribution is 5.99. The minimum Gasteiger partial charge on any atom is -0.497 e. The van der Waals surface area contributed by atoms with Crippen molar-refractivity contribution in [3.8, 4) is 11.5 Å². The van der Waals surface area contributed by atoms with E-state index in [1.54, 1.807) is 27.3 Å². The summed E-state index contributed by atoms with van der Waals surface area (Å²) < 4.78 is 10.1. The lowest BCUT2D eigenvalue weighted by molar-refractivity contribution is -0.107. The van der Waals surface area contributed by atoms with Gasteiger partial charge in [-0.25, -0.2) is 0 Å². The number of carbonyl (C=O) groups is 4. The second-order valence-electron chi connectivity index (χ2n) is 11.2. The van der Waals surface area contributed by atoms with Gasteiger partial charge in [-0.2, -0.15) is 0 Å². The van der Waals surface area contributed by atoms with Crippen molar-refractivity contribution in [3.63, 3.8) is 0 Å². The molecule has 4 aromatic carbocycles. The van der Waals surface area contributed by atoms with Gasteiger partial charge in [0, 0.05) is 31.7 Å². The van der Waals surface area contributed by atoms with Crippen molar-refractivity contribution in [1.29, 1.82) is 0 Å². The van der Waals surface area contributed by atoms with Crippen LogP contribution in [0, 0.1) is 6.92 Å². The lowest BCUT2D eigenvalue weighted by atomic mass is 10.1. The van der Waals surface area contributed by atoms with Crippen LogP contribution in [0.5, 0.6) is 11.5 Å². The second kappa shape index (κ2) is 26.5. The summed E-state index contributed by atoms with van der Waals surface area (Å²) in [6.07, 6.45) is 3.66. The van der Waals surface area contributed by atoms with Crippen LogP contribution in [0.15, 0.2) is 128 Å². The number of nitrogens with zero attached hydrogens (tertiary/aromatic N) is 2. The van der Waals surface area contributed by atoms with Crippen LogP contribution in [0.25, 0.3) is 0 Å². The zero-order valence-electron chi connectivity index (χ0n) is 31.5. The van der Waals surface area contributed by atoms with E-state index in [4.69, 9.17) is 14.3 Å². The molecule has 1 aromatic heterocycles. The number of anilines is 1. The fourth-order valence-corrected chi connectivity index (χ4v) is 4.23. The highest BCUT2D eigenvalue weighted by Crippen LogP contribution is 2.17. The number of rotatable bonds is 10. The highest BCUT2D eigenvalue weighted by atomic mass is 16.5. The Kier molecular flexibility index (Phi) is 22.3. The molecule has 3 amide bonds. The number of ether oxygens (including phenoxy) is 2. The lowest BCUT2D eigenvalue weighted by Gasteiger charge is -2.14. The van der Waals surface area contributed by atoms with E-state index < -0.39 is 0 Å². The summed E-state index contributed by atoms with van der Waals surface area (Å²) in [5, 5.41) is 8.51. The SMILES string of the molecule is C=O.CNC.COc1ccc(CNC(=O)c2cncc(C(=O)NC(C)c3ccccc3)c2)cc1.COc1ccc(N(C)C=O)cc1.Cc1ccccc1. The maximum Gasteiger partial charge on any atom is 0.253 e. The Hall–Kier alpha value is -6.33. The minimum atomic E-state index is -0.293. The van der Waals surface area contributed by atoms with Crippen LogP contribution >= 0.6 is 0 Å². The third-order valence-corrected chi connectivity index (χ3v) is 7.10. The average molecular weight is 722 g/mol. The summed E-state index contributed by atoms with van der Waals surface area (Å²) >= 11 is 0. The average Bonchev–Trinajstić information content (AvgIpc) is 3.22. The van der Waals surface area contributed by atoms with Crippen LogP contribution in [-0.4, -0.2) is 65.4 Å². The predicted octanol–water partition coefficient (Wildman–Crippen LogP) is 6.44. The van der Waals surface area contributed by atoms with Gasteiger partial charge in [-0.3, -0.25) is 19.4 Å². The number of hydrogen-bond donors (Lipinski definition) is 3. The standard InChI is InChI=1S/C23H23N3O3.C9H11NO2.C7H8.C2H7N.CH2O/c1-16(18-6-4-3-5-7-18)26-23(28)20-12-19(14-24-15-20)22(27)25-13-17-8-10-21(29-2)11-9-17;1-10(7-11)8-3-5-9(12-2)6-4-8;1-7-5-3-2-4-6-7;1-3-2;1-2/h3-12,14-16H,13H2,1-2H3,(H,25,27)(H,26,28);3-7H,1-2H3;2-6H,1H3;3H,1-2H3;1H2. The van der Waals surface area contributed by atoms with Crippen molar-refractivity contribution >= 4 is 30.7 Å². The maximum atomic E-state index is 12.5. The molecule has 280 valence electrons. The largest absolute Gasteiger partial charge is 0.497 e. The molecule has 5 rings (SSSR count). The summed E-state index contributed by atoms with van der Waals surface area (Å²) in [5.41, 5.74) is 4.79. The Morgan fingerprint density at radius 3 is 1.70 bits per heavy atom. The molecule has 3 N–H and O–H groups in total. The number of aromatic nitrogens is 1. The number of carbonyl (C=O) groups excluding carboxylic acids is 4. The summed E-state index contributed by atoms with van der Waals surface area (Å²) in [4.78, 5) is 48.9. The molecule has 0 saturated carbocycles. The second-order valence-corrected chi connectivity index (χ2v) is 11.2. The van der Waals surface area contributed by atoms with E-state index >= 15 is 0 Å². The van der Waals surface area contributed by atoms with E-state index in [-0.39, 0.29) is 17.9 Å². The van der Waals surface area contributed by atoms with Gasteiger partial charge in [0.25, 0.3) is 11.8 Å². The Morgan fingerprint density at radius 1 is 0.774 bits per heavy atom. The van der Waals surface area contributed by atoms with Crippen molar-refractivity contribution < 1.29 is 28.7 Å². The number of nitrogens with one attached hydrogen (secondary N) is 3. The third-order valence-electron chi connectivity index (χ3n) is 7.10. The Bertz CT molecular complexity index is 1740. The number of methoxy groups -OCH3 is 2. The smallest absolute Gasteiger partial charge is 0.253 e. The van der Waals surface area contributed by atoms with Crippen molar-refractivity contribution in [2.45, 2.75) is 26.4 Å². The molecule has 11 nitrogen and oxygen atoms in total. The monoisotopic (exact) mass is 721 g/mol. The molecule has 1 unspecified atom stereocenters. The summed E-state index contributed by atoms with van der Waals surface area (Å²) in [6.45, 7) is 6.36. The zero-order chi connectivity index (χ0) is 39.4. The van der Waals surface area contributed by atoms with Crippen LogP contribution in [0.2, 0.25) is 0 Å². The fourth-order valence-electron chi connectivity index (χ4n) is 4.23. The fraction of sp³-hybridized carbons (Fsp3) is 0.214. The number of benzene rings is 4. The summed E-state index contributed by atoms with van der Waals surface area (Å²) in [7, 11) is 8.67. The van der Waals surface area contributed by atoms with Crippen LogP contribution in [-0.2, 0) is 16.1 Å². The molecular formula is C42H51N5O6. The molecule has 0 bridgehead atoms. The van der Waals surface area contributed by atoms with Gasteiger partial charge in [0.15, 0.2) is 0 Å². The van der Waals surface area contributed by atoms with Gasteiger partial charge in [0.1, 0.15) is 18.3 Å². The molecule has 0 saturated heterocycles. The van der Waals surface area contributed by atoms with E-state index in [1.807, 2.05) is 125 Å². The number of pyridine rings is 1.